The van der Waals surface area contributed by atoms with E-state index in [1.165, 1.54) is 13.8 Å². The molecule has 0 aromatic heterocycles. The molecule has 104 valence electrons. The highest BCUT2D eigenvalue weighted by atomic mass is 32.2. The van der Waals surface area contributed by atoms with Crippen molar-refractivity contribution < 1.29 is 36.2 Å². The first kappa shape index (κ1) is 17.2. The molecule has 0 aliphatic carbocycles. The van der Waals surface area contributed by atoms with Gasteiger partial charge in [-0.2, -0.15) is 0 Å². The van der Waals surface area contributed by atoms with Gasteiger partial charge in [-0.05, 0) is 13.8 Å². The van der Waals surface area contributed by atoms with Gasteiger partial charge >= 0.3 is 15.4 Å². The highest BCUT2D eigenvalue weighted by Crippen LogP contribution is 2.57. The van der Waals surface area contributed by atoms with Gasteiger partial charge in [0.1, 0.15) is 0 Å². The Morgan fingerprint density at radius 1 is 1.24 bits per heavy atom. The zero-order valence-corrected chi connectivity index (χ0v) is 12.2. The molecule has 0 saturated heterocycles. The van der Waals surface area contributed by atoms with Gasteiger partial charge in [0.05, 0.1) is 17.6 Å². The predicted octanol–water partition coefficient (Wildman–Crippen LogP) is 0.758. The molecule has 0 radical (unpaired) electrons. The van der Waals surface area contributed by atoms with Crippen molar-refractivity contribution in [3.63, 3.8) is 0 Å². The minimum Gasteiger partial charge on any atom is -0.324 e. The standard InChI is InChI=1S/C6H16O8P2S/c1-6(2)17(11,12)5-4-13-16(9,10)14-15(3,7)8/h6H,4-5H2,1-3H3,(H,7,8)(H,9,10). The maximum atomic E-state index is 11.3. The molecular weight excluding hydrogens is 294 g/mol. The van der Waals surface area contributed by atoms with Crippen LogP contribution in [0.3, 0.4) is 0 Å². The molecule has 0 saturated carbocycles. The van der Waals surface area contributed by atoms with Crippen molar-refractivity contribution in [2.75, 3.05) is 19.0 Å². The summed E-state index contributed by atoms with van der Waals surface area (Å²) in [5.41, 5.74) is 0. The van der Waals surface area contributed by atoms with Crippen LogP contribution in [0.2, 0.25) is 0 Å². The fraction of sp³-hybridized carbons (Fsp3) is 1.00. The molecule has 2 N–H and O–H groups in total. The van der Waals surface area contributed by atoms with Gasteiger partial charge in [-0.15, -0.1) is 0 Å². The lowest BCUT2D eigenvalue weighted by Crippen LogP contribution is -2.20. The van der Waals surface area contributed by atoms with Crippen molar-refractivity contribution in [3.8, 4) is 0 Å². The maximum absolute atomic E-state index is 11.3. The summed E-state index contributed by atoms with van der Waals surface area (Å²) < 4.78 is 52.6. The summed E-state index contributed by atoms with van der Waals surface area (Å²) in [6.45, 7) is 3.04. The minimum absolute atomic E-state index is 0.474. The lowest BCUT2D eigenvalue weighted by Gasteiger charge is -2.14. The van der Waals surface area contributed by atoms with E-state index in [1.54, 1.807) is 0 Å². The fourth-order valence-electron chi connectivity index (χ4n) is 0.720. The largest absolute Gasteiger partial charge is 0.479 e. The molecule has 0 fully saturated rings. The highest BCUT2D eigenvalue weighted by Gasteiger charge is 2.30. The van der Waals surface area contributed by atoms with E-state index in [4.69, 9.17) is 9.79 Å². The lowest BCUT2D eigenvalue weighted by atomic mass is 10.6. The number of phosphoric ester groups is 1. The third kappa shape index (κ3) is 8.05. The number of hydrogen-bond donors (Lipinski definition) is 2. The summed E-state index contributed by atoms with van der Waals surface area (Å²) in [6, 6.07) is 0. The number of phosphoric acid groups is 1. The van der Waals surface area contributed by atoms with Crippen molar-refractivity contribution in [1.82, 2.24) is 0 Å². The third-order valence-electron chi connectivity index (χ3n) is 1.60. The van der Waals surface area contributed by atoms with Crippen molar-refractivity contribution >= 4 is 25.3 Å². The summed E-state index contributed by atoms with van der Waals surface area (Å²) in [5, 5.41) is -0.639. The molecule has 2 atom stereocenters. The van der Waals surface area contributed by atoms with Gasteiger partial charge in [0, 0.05) is 6.66 Å². The molecule has 17 heavy (non-hydrogen) atoms. The SMILES string of the molecule is CC(C)S(=O)(=O)CCOP(=O)(O)OP(C)(=O)O. The van der Waals surface area contributed by atoms with Crippen LogP contribution in [0.25, 0.3) is 0 Å². The van der Waals surface area contributed by atoms with Gasteiger partial charge in [-0.25, -0.2) is 17.3 Å². The summed E-state index contributed by atoms with van der Waals surface area (Å²) in [4.78, 5) is 17.7. The zero-order valence-electron chi connectivity index (χ0n) is 9.64. The van der Waals surface area contributed by atoms with E-state index in [2.05, 4.69) is 8.83 Å². The zero-order chi connectivity index (χ0) is 13.9. The molecule has 0 aromatic rings. The normalized spacial score (nSPS) is 19.9. The van der Waals surface area contributed by atoms with Gasteiger partial charge in [0.2, 0.25) is 0 Å². The second kappa shape index (κ2) is 5.93. The molecule has 0 spiro atoms. The van der Waals surface area contributed by atoms with Crippen molar-refractivity contribution in [2.24, 2.45) is 0 Å². The molecule has 0 aliphatic rings. The molecule has 0 amide bonds. The van der Waals surface area contributed by atoms with Crippen LogP contribution in [0.15, 0.2) is 0 Å². The van der Waals surface area contributed by atoms with E-state index < -0.39 is 42.9 Å². The Balaban J connectivity index is 4.32. The average Bonchev–Trinajstić information content (AvgIpc) is 1.97. The summed E-state index contributed by atoms with van der Waals surface area (Å²) in [5.74, 6) is -0.474. The van der Waals surface area contributed by atoms with Gasteiger partial charge < -0.3 is 9.79 Å². The summed E-state index contributed by atoms with van der Waals surface area (Å²) in [7, 11) is -12.3. The Labute approximate surface area is 100 Å². The van der Waals surface area contributed by atoms with E-state index in [0.29, 0.717) is 6.66 Å². The van der Waals surface area contributed by atoms with Gasteiger partial charge in [0.25, 0.3) is 0 Å². The van der Waals surface area contributed by atoms with E-state index in [9.17, 15) is 17.5 Å². The van der Waals surface area contributed by atoms with E-state index in [1.807, 2.05) is 0 Å². The predicted molar refractivity (Wildman–Crippen MR) is 61.5 cm³/mol. The number of sulfone groups is 1. The molecule has 0 heterocycles. The Kier molecular flexibility index (Phi) is 6.01. The third-order valence-corrected chi connectivity index (χ3v) is 6.31. The molecule has 8 nitrogen and oxygen atoms in total. The Bertz CT molecular complexity index is 435. The Morgan fingerprint density at radius 2 is 1.71 bits per heavy atom. The summed E-state index contributed by atoms with van der Waals surface area (Å²) in [6.07, 6.45) is 0. The minimum atomic E-state index is -4.71. The second-order valence-electron chi connectivity index (χ2n) is 3.60. The van der Waals surface area contributed by atoms with Crippen molar-refractivity contribution in [1.29, 1.82) is 0 Å². The molecule has 11 heteroatoms. The summed E-state index contributed by atoms with van der Waals surface area (Å²) >= 11 is 0. The quantitative estimate of drug-likeness (QED) is 0.660. The van der Waals surface area contributed by atoms with E-state index in [0.717, 1.165) is 0 Å². The number of rotatable bonds is 7. The average molecular weight is 310 g/mol. The molecule has 0 aromatic carbocycles. The first-order valence-corrected chi connectivity index (χ1v) is 9.80. The van der Waals surface area contributed by atoms with Crippen LogP contribution in [0.4, 0.5) is 0 Å². The van der Waals surface area contributed by atoms with Crippen molar-refractivity contribution in [3.05, 3.63) is 0 Å². The molecule has 0 bridgehead atoms. The van der Waals surface area contributed by atoms with Crippen LogP contribution in [-0.4, -0.2) is 42.5 Å². The molecule has 2 unspecified atom stereocenters. The van der Waals surface area contributed by atoms with Crippen LogP contribution >= 0.6 is 15.4 Å². The second-order valence-corrected chi connectivity index (χ2v) is 9.73. The number of hydrogen-bond acceptors (Lipinski definition) is 6. The fourth-order valence-corrected chi connectivity index (χ4v) is 3.67. The van der Waals surface area contributed by atoms with Gasteiger partial charge in [0.15, 0.2) is 9.84 Å². The van der Waals surface area contributed by atoms with Crippen LogP contribution in [-0.2, 0) is 27.8 Å². The monoisotopic (exact) mass is 310 g/mol. The van der Waals surface area contributed by atoms with E-state index in [-0.39, 0.29) is 0 Å². The van der Waals surface area contributed by atoms with Gasteiger partial charge in [-0.3, -0.25) is 9.09 Å². The van der Waals surface area contributed by atoms with Gasteiger partial charge in [-0.1, -0.05) is 0 Å². The first-order valence-electron chi connectivity index (χ1n) is 4.56. The molecule has 0 rings (SSSR count). The first-order chi connectivity index (χ1) is 7.36. The lowest BCUT2D eigenvalue weighted by molar-refractivity contribution is 0.206. The Morgan fingerprint density at radius 3 is 2.06 bits per heavy atom. The highest BCUT2D eigenvalue weighted by molar-refractivity contribution is 7.92. The van der Waals surface area contributed by atoms with Crippen LogP contribution in [0.1, 0.15) is 13.8 Å². The topological polar surface area (TPSA) is 127 Å². The van der Waals surface area contributed by atoms with Crippen molar-refractivity contribution in [2.45, 2.75) is 19.1 Å². The Hall–Kier alpha value is 0.250. The van der Waals surface area contributed by atoms with E-state index >= 15 is 0 Å². The van der Waals surface area contributed by atoms with Crippen LogP contribution in [0.5, 0.6) is 0 Å². The molecular formula is C6H16O8P2S. The molecule has 0 aliphatic heterocycles. The van der Waals surface area contributed by atoms with Crippen LogP contribution < -0.4 is 0 Å². The maximum Gasteiger partial charge on any atom is 0.479 e. The van der Waals surface area contributed by atoms with Crippen LogP contribution in [0, 0.1) is 0 Å². The smallest absolute Gasteiger partial charge is 0.324 e.